The Morgan fingerprint density at radius 1 is 0.537 bits per heavy atom. The maximum absolute atomic E-state index is 2.52. The van der Waals surface area contributed by atoms with Crippen LogP contribution < -0.4 is 26.5 Å². The molecule has 0 spiro atoms. The molecule has 6 rings (SSSR count). The van der Waals surface area contributed by atoms with Crippen LogP contribution in [-0.4, -0.2) is 24.7 Å². The van der Waals surface area contributed by atoms with E-state index in [1.165, 1.54) is 51.3 Å². The van der Waals surface area contributed by atoms with E-state index in [0.29, 0.717) is 17.6 Å². The highest BCUT2D eigenvalue weighted by Crippen LogP contribution is 2.54. The molecule has 0 bridgehead atoms. The molecule has 1 nitrogen and oxygen atoms in total. The van der Waals surface area contributed by atoms with Gasteiger partial charge in [-0.1, -0.05) is 152 Å². The van der Waals surface area contributed by atoms with E-state index in [1.54, 1.807) is 0 Å². The highest BCUT2D eigenvalue weighted by molar-refractivity contribution is 7.80. The molecule has 3 heteroatoms. The Labute approximate surface area is 248 Å². The third-order valence-corrected chi connectivity index (χ3v) is 14.0. The fraction of sp³-hybridized carbons (Fsp3) is 0.211. The fourth-order valence-corrected chi connectivity index (χ4v) is 12.5. The molecular weight excluding hydrogens is 532 g/mol. The Morgan fingerprint density at radius 2 is 0.976 bits per heavy atom. The van der Waals surface area contributed by atoms with Crippen LogP contribution in [0.2, 0.25) is 0 Å². The molecule has 0 aliphatic heterocycles. The molecule has 1 aliphatic carbocycles. The first-order valence-electron chi connectivity index (χ1n) is 14.8. The molecule has 206 valence electrons. The Kier molecular flexibility index (Phi) is 9.08. The van der Waals surface area contributed by atoms with Gasteiger partial charge in [0.05, 0.1) is 0 Å². The summed E-state index contributed by atoms with van der Waals surface area (Å²) in [7, 11) is 3.46. The van der Waals surface area contributed by atoms with Crippen LogP contribution in [0, 0.1) is 5.92 Å². The van der Waals surface area contributed by atoms with Crippen LogP contribution in [0.4, 0.5) is 0 Å². The van der Waals surface area contributed by atoms with Crippen LogP contribution in [0.25, 0.3) is 0 Å². The van der Waals surface area contributed by atoms with Crippen molar-refractivity contribution in [2.45, 2.75) is 31.0 Å². The summed E-state index contributed by atoms with van der Waals surface area (Å²) in [5.41, 5.74) is 2.14. The third kappa shape index (κ3) is 6.10. The Hall–Kier alpha value is -3.08. The van der Waals surface area contributed by atoms with Gasteiger partial charge in [0.2, 0.25) is 0 Å². The lowest BCUT2D eigenvalue weighted by Crippen LogP contribution is -2.37. The minimum Gasteiger partial charge on any atom is -0.302 e. The van der Waals surface area contributed by atoms with Gasteiger partial charge in [0.25, 0.3) is 0 Å². The summed E-state index contributed by atoms with van der Waals surface area (Å²) in [6.07, 6.45) is 3.86. The molecule has 0 N–H and O–H groups in total. The number of nitrogens with zero attached hydrogens (tertiary/aromatic N) is 1. The van der Waals surface area contributed by atoms with Gasteiger partial charge < -0.3 is 4.90 Å². The number of hydrogen-bond acceptors (Lipinski definition) is 1. The molecule has 0 aromatic heterocycles. The van der Waals surface area contributed by atoms with E-state index in [-0.39, 0.29) is 0 Å². The topological polar surface area (TPSA) is 3.24 Å². The van der Waals surface area contributed by atoms with Crippen LogP contribution in [0.15, 0.2) is 146 Å². The Bertz CT molecular complexity index is 1430. The summed E-state index contributed by atoms with van der Waals surface area (Å²) in [5.74, 6) is 0.584. The predicted molar refractivity (Wildman–Crippen MR) is 182 cm³/mol. The SMILES string of the molecule is CN(C)C(c1ccccc1P(c1ccccc1)c1ccccc1)[C@H]1CCCC1P(c1ccccc1)c1ccccc1. The van der Waals surface area contributed by atoms with E-state index < -0.39 is 15.8 Å². The maximum atomic E-state index is 2.52. The molecule has 5 aromatic rings. The van der Waals surface area contributed by atoms with Crippen molar-refractivity contribution in [3.05, 3.63) is 151 Å². The van der Waals surface area contributed by atoms with Crippen molar-refractivity contribution in [2.24, 2.45) is 5.92 Å². The average molecular weight is 572 g/mol. The lowest BCUT2D eigenvalue weighted by molar-refractivity contribution is 0.218. The smallest absolute Gasteiger partial charge is 0.0383 e. The summed E-state index contributed by atoms with van der Waals surface area (Å²) >= 11 is 0. The van der Waals surface area contributed by atoms with Crippen molar-refractivity contribution < 1.29 is 0 Å². The Morgan fingerprint density at radius 3 is 1.46 bits per heavy atom. The van der Waals surface area contributed by atoms with E-state index >= 15 is 0 Å². The number of hydrogen-bond donors (Lipinski definition) is 0. The first-order valence-corrected chi connectivity index (χ1v) is 17.5. The van der Waals surface area contributed by atoms with Gasteiger partial charge in [0, 0.05) is 6.04 Å². The Balaban J connectivity index is 1.47. The van der Waals surface area contributed by atoms with E-state index in [4.69, 9.17) is 0 Å². The van der Waals surface area contributed by atoms with Gasteiger partial charge >= 0.3 is 0 Å². The second-order valence-corrected chi connectivity index (χ2v) is 15.8. The predicted octanol–water partition coefficient (Wildman–Crippen LogP) is 7.35. The van der Waals surface area contributed by atoms with Crippen molar-refractivity contribution in [3.63, 3.8) is 0 Å². The van der Waals surface area contributed by atoms with Crippen molar-refractivity contribution in [1.29, 1.82) is 0 Å². The van der Waals surface area contributed by atoms with Crippen LogP contribution in [-0.2, 0) is 0 Å². The van der Waals surface area contributed by atoms with E-state index in [0.717, 1.165) is 0 Å². The van der Waals surface area contributed by atoms with Gasteiger partial charge in [0.15, 0.2) is 0 Å². The third-order valence-electron chi connectivity index (χ3n) is 8.42. The minimum atomic E-state index is -0.677. The number of benzene rings is 5. The summed E-state index contributed by atoms with van der Waals surface area (Å²) in [6, 6.07) is 54.8. The summed E-state index contributed by atoms with van der Waals surface area (Å²) in [5, 5.41) is 7.34. The zero-order valence-corrected chi connectivity index (χ0v) is 25.8. The molecular formula is C38H39NP2. The second-order valence-electron chi connectivity index (χ2n) is 11.2. The second kappa shape index (κ2) is 13.3. The van der Waals surface area contributed by atoms with Gasteiger partial charge in [-0.05, 0) is 86.4 Å². The monoisotopic (exact) mass is 571 g/mol. The zero-order valence-electron chi connectivity index (χ0n) is 24.1. The highest BCUT2D eigenvalue weighted by Gasteiger charge is 2.42. The van der Waals surface area contributed by atoms with Crippen LogP contribution in [0.3, 0.4) is 0 Å². The molecule has 5 aromatic carbocycles. The van der Waals surface area contributed by atoms with Crippen molar-refractivity contribution in [2.75, 3.05) is 14.1 Å². The highest BCUT2D eigenvalue weighted by atomic mass is 31.1. The van der Waals surface area contributed by atoms with Gasteiger partial charge in [-0.15, -0.1) is 0 Å². The zero-order chi connectivity index (χ0) is 28.0. The minimum absolute atomic E-state index is 0.355. The largest absolute Gasteiger partial charge is 0.302 e. The lowest BCUT2D eigenvalue weighted by atomic mass is 9.90. The van der Waals surface area contributed by atoms with Gasteiger partial charge in [-0.25, -0.2) is 0 Å². The van der Waals surface area contributed by atoms with Crippen molar-refractivity contribution in [1.82, 2.24) is 4.90 Å². The summed E-state index contributed by atoms with van der Waals surface area (Å²) in [4.78, 5) is 2.52. The average Bonchev–Trinajstić information content (AvgIpc) is 3.49. The van der Waals surface area contributed by atoms with E-state index in [9.17, 15) is 0 Å². The standard InChI is InChI=1S/C38H39NP2/c1-39(2)38(35-27-17-29-37(35)41(32-22-11-5-12-23-32)33-24-13-6-14-25-33)34-26-15-16-28-36(34)40(30-18-7-3-8-19-30)31-20-9-4-10-21-31/h3-16,18-26,28,35,37-38H,17,27,29H2,1-2H3/t35-,37?,38?/m0/s1. The van der Waals surface area contributed by atoms with Crippen LogP contribution in [0.5, 0.6) is 0 Å². The molecule has 0 radical (unpaired) electrons. The van der Waals surface area contributed by atoms with Gasteiger partial charge in [-0.2, -0.15) is 0 Å². The molecule has 3 atom stereocenters. The van der Waals surface area contributed by atoms with E-state index in [2.05, 4.69) is 165 Å². The maximum Gasteiger partial charge on any atom is 0.0383 e. The molecule has 41 heavy (non-hydrogen) atoms. The normalized spacial score (nSPS) is 17.8. The van der Waals surface area contributed by atoms with Gasteiger partial charge in [0.1, 0.15) is 0 Å². The molecule has 1 fully saturated rings. The molecule has 0 amide bonds. The summed E-state index contributed by atoms with van der Waals surface area (Å²) in [6.45, 7) is 0. The molecule has 0 heterocycles. The number of rotatable bonds is 9. The van der Waals surface area contributed by atoms with Crippen molar-refractivity contribution in [3.8, 4) is 0 Å². The molecule has 1 aliphatic rings. The molecule has 0 saturated heterocycles. The van der Waals surface area contributed by atoms with Crippen LogP contribution in [0.1, 0.15) is 30.9 Å². The molecule has 1 saturated carbocycles. The first kappa shape index (κ1) is 28.1. The van der Waals surface area contributed by atoms with Gasteiger partial charge in [-0.3, -0.25) is 0 Å². The van der Waals surface area contributed by atoms with Crippen molar-refractivity contribution >= 4 is 42.4 Å². The first-order chi connectivity index (χ1) is 20.2. The fourth-order valence-electron chi connectivity index (χ4n) is 6.78. The quantitative estimate of drug-likeness (QED) is 0.167. The molecule has 2 unspecified atom stereocenters. The van der Waals surface area contributed by atoms with E-state index in [1.807, 2.05) is 0 Å². The van der Waals surface area contributed by atoms with Crippen LogP contribution >= 0.6 is 15.8 Å². The summed E-state index contributed by atoms with van der Waals surface area (Å²) < 4.78 is 0. The lowest BCUT2D eigenvalue weighted by Gasteiger charge is -2.39.